The Hall–Kier alpha value is -1.36. The third-order valence-corrected chi connectivity index (χ3v) is 3.96. The molecule has 0 amide bonds. The second kappa shape index (κ2) is 6.00. The van der Waals surface area contributed by atoms with Gasteiger partial charge in [-0.2, -0.15) is 4.98 Å². The van der Waals surface area contributed by atoms with Gasteiger partial charge in [-0.05, 0) is 38.3 Å². The number of hydrogen-bond acceptors (Lipinski definition) is 5. The molecular weight excluding hydrogens is 248 g/mol. The van der Waals surface area contributed by atoms with E-state index in [0.29, 0.717) is 5.88 Å². The molecule has 1 aromatic rings. The molecular formula is C13H18N2O2S. The number of allylic oxidation sites excluding steroid dienone is 1. The van der Waals surface area contributed by atoms with Gasteiger partial charge < -0.3 is 9.64 Å². The Morgan fingerprint density at radius 3 is 2.72 bits per heavy atom. The normalized spacial score (nSPS) is 16.2. The fraction of sp³-hybridized carbons (Fsp3) is 0.538. The number of methoxy groups -OCH3 is 1. The van der Waals surface area contributed by atoms with Crippen LogP contribution in [-0.4, -0.2) is 31.0 Å². The highest BCUT2D eigenvalue weighted by Gasteiger charge is 2.17. The van der Waals surface area contributed by atoms with E-state index in [-0.39, 0.29) is 5.78 Å². The molecule has 0 aromatic carbocycles. The van der Waals surface area contributed by atoms with Crippen LogP contribution < -0.4 is 9.64 Å². The predicted octanol–water partition coefficient (Wildman–Crippen LogP) is 2.74. The smallest absolute Gasteiger partial charge is 0.233 e. The van der Waals surface area contributed by atoms with Crippen molar-refractivity contribution in [2.75, 3.05) is 25.1 Å². The minimum atomic E-state index is 0.0324. The van der Waals surface area contributed by atoms with Gasteiger partial charge in [-0.25, -0.2) is 0 Å². The quantitative estimate of drug-likeness (QED) is 0.786. The maximum absolute atomic E-state index is 11.0. The molecule has 5 heteroatoms. The molecule has 1 saturated heterocycles. The van der Waals surface area contributed by atoms with E-state index >= 15 is 0 Å². The summed E-state index contributed by atoms with van der Waals surface area (Å²) in [6.07, 6.45) is 7.08. The summed E-state index contributed by atoms with van der Waals surface area (Å²) in [7, 11) is 1.61. The first-order chi connectivity index (χ1) is 8.70. The first-order valence-corrected chi connectivity index (χ1v) is 7.01. The standard InChI is InChI=1S/C13H18N2O2S/c1-10(16)6-7-11-12(17-2)14-13(18-11)15-8-4-3-5-9-15/h6-7H,3-5,8-9H2,1-2H3. The van der Waals surface area contributed by atoms with E-state index in [1.165, 1.54) is 26.2 Å². The number of rotatable bonds is 4. The molecule has 0 spiro atoms. The molecule has 0 saturated carbocycles. The van der Waals surface area contributed by atoms with E-state index in [1.807, 2.05) is 0 Å². The van der Waals surface area contributed by atoms with Gasteiger partial charge in [0, 0.05) is 13.1 Å². The lowest BCUT2D eigenvalue weighted by atomic mass is 10.1. The van der Waals surface area contributed by atoms with E-state index in [4.69, 9.17) is 4.74 Å². The van der Waals surface area contributed by atoms with E-state index in [0.717, 1.165) is 23.1 Å². The van der Waals surface area contributed by atoms with Crippen LogP contribution in [0.4, 0.5) is 5.13 Å². The highest BCUT2D eigenvalue weighted by Crippen LogP contribution is 2.33. The Morgan fingerprint density at radius 2 is 2.11 bits per heavy atom. The van der Waals surface area contributed by atoms with E-state index in [9.17, 15) is 4.79 Å². The largest absolute Gasteiger partial charge is 0.480 e. The summed E-state index contributed by atoms with van der Waals surface area (Å²) in [4.78, 5) is 18.7. The summed E-state index contributed by atoms with van der Waals surface area (Å²) in [5.41, 5.74) is 0. The maximum Gasteiger partial charge on any atom is 0.233 e. The van der Waals surface area contributed by atoms with Crippen molar-refractivity contribution in [3.05, 3.63) is 11.0 Å². The zero-order valence-electron chi connectivity index (χ0n) is 10.8. The first-order valence-electron chi connectivity index (χ1n) is 6.19. The Balaban J connectivity index is 2.19. The molecule has 0 radical (unpaired) electrons. The Bertz CT molecular complexity index is 448. The van der Waals surface area contributed by atoms with Crippen molar-refractivity contribution in [3.8, 4) is 5.88 Å². The molecule has 0 N–H and O–H groups in total. The van der Waals surface area contributed by atoms with E-state index in [1.54, 1.807) is 30.6 Å². The third-order valence-electron chi connectivity index (χ3n) is 2.90. The van der Waals surface area contributed by atoms with Gasteiger partial charge in [0.25, 0.3) is 0 Å². The van der Waals surface area contributed by atoms with Crippen molar-refractivity contribution in [2.24, 2.45) is 0 Å². The van der Waals surface area contributed by atoms with Crippen molar-refractivity contribution in [1.29, 1.82) is 0 Å². The molecule has 1 aromatic heterocycles. The maximum atomic E-state index is 11.0. The molecule has 0 aliphatic carbocycles. The van der Waals surface area contributed by atoms with Gasteiger partial charge in [-0.15, -0.1) is 0 Å². The second-order valence-electron chi connectivity index (χ2n) is 4.36. The lowest BCUT2D eigenvalue weighted by Gasteiger charge is -2.25. The zero-order valence-corrected chi connectivity index (χ0v) is 11.6. The monoisotopic (exact) mass is 266 g/mol. The van der Waals surface area contributed by atoms with Crippen LogP contribution in [0.2, 0.25) is 0 Å². The Kier molecular flexibility index (Phi) is 4.36. The molecule has 0 bridgehead atoms. The van der Waals surface area contributed by atoms with Crippen molar-refractivity contribution in [2.45, 2.75) is 26.2 Å². The topological polar surface area (TPSA) is 42.4 Å². The highest BCUT2D eigenvalue weighted by atomic mass is 32.1. The Labute approximate surface area is 111 Å². The minimum Gasteiger partial charge on any atom is -0.480 e. The predicted molar refractivity (Wildman–Crippen MR) is 74.4 cm³/mol. The minimum absolute atomic E-state index is 0.0324. The van der Waals surface area contributed by atoms with Crippen molar-refractivity contribution >= 4 is 28.3 Å². The third kappa shape index (κ3) is 3.10. The molecule has 18 heavy (non-hydrogen) atoms. The average Bonchev–Trinajstić information content (AvgIpc) is 2.80. The number of carbonyl (C=O) groups is 1. The number of carbonyl (C=O) groups excluding carboxylic acids is 1. The first kappa shape index (κ1) is 13.1. The number of ether oxygens (including phenoxy) is 1. The number of aromatic nitrogens is 1. The van der Waals surface area contributed by atoms with Crippen molar-refractivity contribution < 1.29 is 9.53 Å². The van der Waals surface area contributed by atoms with Crippen LogP contribution in [0.5, 0.6) is 5.88 Å². The molecule has 0 atom stereocenters. The molecule has 1 fully saturated rings. The van der Waals surface area contributed by atoms with Gasteiger partial charge in [0.1, 0.15) is 0 Å². The zero-order chi connectivity index (χ0) is 13.0. The molecule has 1 aliphatic heterocycles. The van der Waals surface area contributed by atoms with Crippen LogP contribution in [0.3, 0.4) is 0 Å². The molecule has 2 rings (SSSR count). The molecule has 1 aliphatic rings. The van der Waals surface area contributed by atoms with Crippen LogP contribution in [0.25, 0.3) is 6.08 Å². The van der Waals surface area contributed by atoms with Gasteiger partial charge >= 0.3 is 0 Å². The summed E-state index contributed by atoms with van der Waals surface area (Å²) in [5, 5.41) is 0.995. The summed E-state index contributed by atoms with van der Waals surface area (Å²) in [5.74, 6) is 0.642. The lowest BCUT2D eigenvalue weighted by Crippen LogP contribution is -2.29. The lowest BCUT2D eigenvalue weighted by molar-refractivity contribution is -0.112. The number of thiazole rings is 1. The van der Waals surface area contributed by atoms with E-state index < -0.39 is 0 Å². The van der Waals surface area contributed by atoms with Crippen LogP contribution in [0.1, 0.15) is 31.1 Å². The van der Waals surface area contributed by atoms with Crippen LogP contribution >= 0.6 is 11.3 Å². The van der Waals surface area contributed by atoms with E-state index in [2.05, 4.69) is 9.88 Å². The highest BCUT2D eigenvalue weighted by molar-refractivity contribution is 7.16. The fourth-order valence-electron chi connectivity index (χ4n) is 1.97. The van der Waals surface area contributed by atoms with Crippen LogP contribution in [0, 0.1) is 0 Å². The molecule has 4 nitrogen and oxygen atoms in total. The average molecular weight is 266 g/mol. The second-order valence-corrected chi connectivity index (χ2v) is 5.37. The number of piperidine rings is 1. The SMILES string of the molecule is COc1nc(N2CCCCC2)sc1C=CC(C)=O. The number of nitrogens with zero attached hydrogens (tertiary/aromatic N) is 2. The molecule has 2 heterocycles. The molecule has 98 valence electrons. The summed E-state index contributed by atoms with van der Waals surface area (Å²) >= 11 is 1.58. The summed E-state index contributed by atoms with van der Waals surface area (Å²) in [6, 6.07) is 0. The fourth-order valence-corrected chi connectivity index (χ4v) is 2.96. The van der Waals surface area contributed by atoms with Gasteiger partial charge in [-0.1, -0.05) is 11.3 Å². The van der Waals surface area contributed by atoms with Crippen molar-refractivity contribution in [1.82, 2.24) is 4.98 Å². The number of hydrogen-bond donors (Lipinski definition) is 0. The van der Waals surface area contributed by atoms with Gasteiger partial charge in [-0.3, -0.25) is 4.79 Å². The van der Waals surface area contributed by atoms with Crippen molar-refractivity contribution in [3.63, 3.8) is 0 Å². The number of ketones is 1. The summed E-state index contributed by atoms with van der Waals surface area (Å²) in [6.45, 7) is 3.66. The Morgan fingerprint density at radius 1 is 1.39 bits per heavy atom. The summed E-state index contributed by atoms with van der Waals surface area (Å²) < 4.78 is 5.26. The van der Waals surface area contributed by atoms with Gasteiger partial charge in [0.15, 0.2) is 10.9 Å². The number of anilines is 1. The van der Waals surface area contributed by atoms with Gasteiger partial charge in [0.05, 0.1) is 12.0 Å². The van der Waals surface area contributed by atoms with Crippen LogP contribution in [0.15, 0.2) is 6.08 Å². The van der Waals surface area contributed by atoms with Crippen LogP contribution in [-0.2, 0) is 4.79 Å². The van der Waals surface area contributed by atoms with Gasteiger partial charge in [0.2, 0.25) is 5.88 Å². The molecule has 0 unspecified atom stereocenters.